The predicted octanol–water partition coefficient (Wildman–Crippen LogP) is 5.11. The highest BCUT2D eigenvalue weighted by Crippen LogP contribution is 2.36. The number of phenols is 1. The van der Waals surface area contributed by atoms with Gasteiger partial charge in [-0.25, -0.2) is 4.39 Å². The zero-order chi connectivity index (χ0) is 24.9. The van der Waals surface area contributed by atoms with Crippen molar-refractivity contribution in [2.45, 2.75) is 32.9 Å². The lowest BCUT2D eigenvalue weighted by Crippen LogP contribution is -2.35. The van der Waals surface area contributed by atoms with Gasteiger partial charge in [0, 0.05) is 57.2 Å². The summed E-state index contributed by atoms with van der Waals surface area (Å²) in [7, 11) is 1.58. The van der Waals surface area contributed by atoms with Gasteiger partial charge in [0.15, 0.2) is 0 Å². The van der Waals surface area contributed by atoms with Crippen molar-refractivity contribution in [1.29, 1.82) is 0 Å². The maximum absolute atomic E-state index is 13.4. The molecule has 5 nitrogen and oxygen atoms in total. The zero-order valence-corrected chi connectivity index (χ0v) is 20.6. The molecule has 1 N–H and O–H groups in total. The number of methoxy groups -OCH3 is 1. The number of hydrogen-bond acceptors (Lipinski definition) is 4. The molecule has 2 atom stereocenters. The highest BCUT2D eigenvalue weighted by molar-refractivity contribution is 5.73. The normalized spacial score (nSPS) is 17.9. The lowest BCUT2D eigenvalue weighted by molar-refractivity contribution is -0.130. The molecule has 1 heterocycles. The lowest BCUT2D eigenvalue weighted by Gasteiger charge is -2.28. The fraction of sp³-hybridized carbons (Fsp3) is 0.345. The van der Waals surface area contributed by atoms with E-state index in [1.807, 2.05) is 17.0 Å². The molecule has 1 amide bonds. The molecule has 35 heavy (non-hydrogen) atoms. The van der Waals surface area contributed by atoms with Gasteiger partial charge in [-0.15, -0.1) is 0 Å². The highest BCUT2D eigenvalue weighted by Gasteiger charge is 2.35. The van der Waals surface area contributed by atoms with Gasteiger partial charge in [-0.05, 0) is 42.2 Å². The average Bonchev–Trinajstić information content (AvgIpc) is 3.23. The number of likely N-dealkylation sites (tertiary alicyclic amines) is 1. The first-order valence-corrected chi connectivity index (χ1v) is 12.0. The number of nitrogens with zero attached hydrogens (tertiary/aromatic N) is 2. The van der Waals surface area contributed by atoms with Crippen LogP contribution in [0.4, 0.5) is 4.39 Å². The topological polar surface area (TPSA) is 53.0 Å². The van der Waals surface area contributed by atoms with Gasteiger partial charge < -0.3 is 14.7 Å². The van der Waals surface area contributed by atoms with Crippen molar-refractivity contribution in [3.8, 4) is 11.5 Å². The van der Waals surface area contributed by atoms with Gasteiger partial charge in [0.25, 0.3) is 0 Å². The third kappa shape index (κ3) is 6.20. The number of halogens is 1. The Morgan fingerprint density at radius 3 is 2.43 bits per heavy atom. The third-order valence-electron chi connectivity index (χ3n) is 6.90. The van der Waals surface area contributed by atoms with Gasteiger partial charge in [0.1, 0.15) is 17.3 Å². The number of amides is 1. The monoisotopic (exact) mass is 476 g/mol. The van der Waals surface area contributed by atoms with Crippen molar-refractivity contribution in [3.63, 3.8) is 0 Å². The van der Waals surface area contributed by atoms with Gasteiger partial charge in [-0.2, -0.15) is 0 Å². The number of aryl methyl sites for hydroxylation is 1. The van der Waals surface area contributed by atoms with Gasteiger partial charge in [-0.1, -0.05) is 48.0 Å². The standard InChI is InChI=1S/C29H33FN2O3/c1-20-4-8-23(9-5-20)28-19-31(16-24-10-13-27(35-3)14-29(24)34)17-25(28)18-32(21(2)33)15-22-6-11-26(30)12-7-22/h4-14,25,28,34H,15-19H2,1-3H3/t25-,28-/m0/s1. The molecule has 1 fully saturated rings. The Bertz CT molecular complexity index is 1150. The van der Waals surface area contributed by atoms with E-state index in [0.29, 0.717) is 25.4 Å². The van der Waals surface area contributed by atoms with Gasteiger partial charge >= 0.3 is 0 Å². The lowest BCUT2D eigenvalue weighted by atomic mass is 9.88. The first-order chi connectivity index (χ1) is 16.8. The van der Waals surface area contributed by atoms with E-state index in [1.54, 1.807) is 32.2 Å². The van der Waals surface area contributed by atoms with E-state index in [4.69, 9.17) is 4.74 Å². The Balaban J connectivity index is 1.54. The quantitative estimate of drug-likeness (QED) is 0.491. The highest BCUT2D eigenvalue weighted by atomic mass is 19.1. The summed E-state index contributed by atoms with van der Waals surface area (Å²) >= 11 is 0. The number of ether oxygens (including phenoxy) is 1. The molecule has 0 radical (unpaired) electrons. The summed E-state index contributed by atoms with van der Waals surface area (Å²) in [6.07, 6.45) is 0. The second-order valence-electron chi connectivity index (χ2n) is 9.49. The number of rotatable bonds is 8. The number of carbonyl (C=O) groups is 1. The molecular formula is C29H33FN2O3. The molecular weight excluding hydrogens is 443 g/mol. The first kappa shape index (κ1) is 24.7. The SMILES string of the molecule is COc1ccc(CN2C[C@@H](CN(Cc3ccc(F)cc3)C(C)=O)[C@H](c3ccc(C)cc3)C2)c(O)c1. The molecule has 1 saturated heterocycles. The van der Waals surface area contributed by atoms with Crippen molar-refractivity contribution in [2.24, 2.45) is 5.92 Å². The van der Waals surface area contributed by atoms with Crippen LogP contribution in [0, 0.1) is 18.7 Å². The predicted molar refractivity (Wildman–Crippen MR) is 135 cm³/mol. The summed E-state index contributed by atoms with van der Waals surface area (Å²) in [5.41, 5.74) is 4.23. The van der Waals surface area contributed by atoms with Crippen LogP contribution in [-0.4, -0.2) is 47.6 Å². The molecule has 0 aliphatic carbocycles. The fourth-order valence-electron chi connectivity index (χ4n) is 4.91. The van der Waals surface area contributed by atoms with Crippen LogP contribution in [0.1, 0.15) is 35.1 Å². The fourth-order valence-corrected chi connectivity index (χ4v) is 4.91. The van der Waals surface area contributed by atoms with Crippen molar-refractivity contribution < 1.29 is 19.0 Å². The molecule has 184 valence electrons. The molecule has 1 aliphatic heterocycles. The van der Waals surface area contributed by atoms with Crippen molar-refractivity contribution >= 4 is 5.91 Å². The van der Waals surface area contributed by atoms with Crippen molar-refractivity contribution in [3.05, 3.63) is 94.8 Å². The van der Waals surface area contributed by atoms with Crippen LogP contribution in [0.5, 0.6) is 11.5 Å². The summed E-state index contributed by atoms with van der Waals surface area (Å²) in [6.45, 7) is 6.98. The van der Waals surface area contributed by atoms with Crippen LogP contribution in [-0.2, 0) is 17.9 Å². The number of carbonyl (C=O) groups excluding carboxylic acids is 1. The molecule has 4 rings (SSSR count). The minimum atomic E-state index is -0.282. The molecule has 0 saturated carbocycles. The van der Waals surface area contributed by atoms with Crippen LogP contribution < -0.4 is 4.74 Å². The Labute approximate surface area is 206 Å². The van der Waals surface area contributed by atoms with E-state index in [-0.39, 0.29) is 29.3 Å². The first-order valence-electron chi connectivity index (χ1n) is 12.0. The summed E-state index contributed by atoms with van der Waals surface area (Å²) in [4.78, 5) is 16.8. The van der Waals surface area contributed by atoms with E-state index >= 15 is 0 Å². The Kier molecular flexibility index (Phi) is 7.71. The average molecular weight is 477 g/mol. The van der Waals surface area contributed by atoms with E-state index in [9.17, 15) is 14.3 Å². The van der Waals surface area contributed by atoms with Crippen molar-refractivity contribution in [2.75, 3.05) is 26.7 Å². The number of phenolic OH excluding ortho intramolecular Hbond substituents is 1. The largest absolute Gasteiger partial charge is 0.507 e. The van der Waals surface area contributed by atoms with Gasteiger partial charge in [0.2, 0.25) is 5.91 Å². The van der Waals surface area contributed by atoms with Crippen LogP contribution >= 0.6 is 0 Å². The minimum absolute atomic E-state index is 0.00299. The number of benzene rings is 3. The third-order valence-corrected chi connectivity index (χ3v) is 6.90. The second kappa shape index (κ2) is 10.9. The number of hydrogen-bond donors (Lipinski definition) is 1. The van der Waals surface area contributed by atoms with Gasteiger partial charge in [-0.3, -0.25) is 9.69 Å². The molecule has 0 aromatic heterocycles. The summed E-state index contributed by atoms with van der Waals surface area (Å²) in [5.74, 6) is 1.05. The van der Waals surface area contributed by atoms with Crippen LogP contribution in [0.2, 0.25) is 0 Å². The minimum Gasteiger partial charge on any atom is -0.507 e. The van der Waals surface area contributed by atoms with Crippen LogP contribution in [0.15, 0.2) is 66.7 Å². The Morgan fingerprint density at radius 2 is 1.80 bits per heavy atom. The maximum atomic E-state index is 13.4. The summed E-state index contributed by atoms with van der Waals surface area (Å²) in [5, 5.41) is 10.5. The molecule has 1 aliphatic rings. The van der Waals surface area contributed by atoms with Crippen molar-refractivity contribution in [1.82, 2.24) is 9.80 Å². The maximum Gasteiger partial charge on any atom is 0.219 e. The van der Waals surface area contributed by atoms with Gasteiger partial charge in [0.05, 0.1) is 7.11 Å². The van der Waals surface area contributed by atoms with E-state index in [2.05, 4.69) is 36.1 Å². The molecule has 3 aromatic rings. The summed E-state index contributed by atoms with van der Waals surface area (Å²) in [6, 6.07) is 20.4. The molecule has 0 bridgehead atoms. The summed E-state index contributed by atoms with van der Waals surface area (Å²) < 4.78 is 18.6. The second-order valence-corrected chi connectivity index (χ2v) is 9.49. The molecule has 3 aromatic carbocycles. The molecule has 0 unspecified atom stereocenters. The van der Waals surface area contributed by atoms with Crippen LogP contribution in [0.25, 0.3) is 0 Å². The van der Waals surface area contributed by atoms with E-state index in [0.717, 1.165) is 24.2 Å². The molecule has 0 spiro atoms. The van der Waals surface area contributed by atoms with Crippen LogP contribution in [0.3, 0.4) is 0 Å². The van der Waals surface area contributed by atoms with E-state index < -0.39 is 0 Å². The Morgan fingerprint density at radius 1 is 1.09 bits per heavy atom. The molecule has 6 heteroatoms. The zero-order valence-electron chi connectivity index (χ0n) is 20.6. The smallest absolute Gasteiger partial charge is 0.219 e. The Hall–Kier alpha value is -3.38. The number of aromatic hydroxyl groups is 1. The van der Waals surface area contributed by atoms with E-state index in [1.165, 1.54) is 23.3 Å².